The first kappa shape index (κ1) is 24.0. The Morgan fingerprint density at radius 1 is 1.19 bits per heavy atom. The van der Waals surface area contributed by atoms with Gasteiger partial charge in [0.25, 0.3) is 5.91 Å². The SMILES string of the molecule is CN1CCOc2cc(C(=O)N3CCCC(N)C3)cc(N=Cc3cc4ccc(CO)cc4n3CC3CC3)c21. The number of aliphatic imine (C=N–C) groups is 1. The molecule has 6 rings (SSSR count). The van der Waals surface area contributed by atoms with Crippen LogP contribution in [0.3, 0.4) is 0 Å². The Kier molecular flexibility index (Phi) is 6.38. The summed E-state index contributed by atoms with van der Waals surface area (Å²) in [5, 5.41) is 10.8. The van der Waals surface area contributed by atoms with Crippen LogP contribution in [0.25, 0.3) is 10.9 Å². The summed E-state index contributed by atoms with van der Waals surface area (Å²) in [7, 11) is 2.03. The topological polar surface area (TPSA) is 96.3 Å². The Balaban J connectivity index is 1.40. The van der Waals surface area contributed by atoms with Crippen LogP contribution < -0.4 is 15.4 Å². The number of hydrogen-bond donors (Lipinski definition) is 2. The van der Waals surface area contributed by atoms with Gasteiger partial charge in [-0.05, 0) is 61.4 Å². The van der Waals surface area contributed by atoms with E-state index in [1.54, 1.807) is 0 Å². The molecule has 1 atom stereocenters. The molecule has 194 valence electrons. The number of benzene rings is 2. The fraction of sp³-hybridized carbons (Fsp3) is 0.448. The first-order chi connectivity index (χ1) is 18.0. The number of ether oxygens (including phenoxy) is 1. The molecule has 3 aliphatic rings. The Labute approximate surface area is 217 Å². The highest BCUT2D eigenvalue weighted by Gasteiger charge is 2.27. The van der Waals surface area contributed by atoms with E-state index in [1.807, 2.05) is 36.4 Å². The molecule has 1 saturated carbocycles. The maximum atomic E-state index is 13.4. The molecule has 1 unspecified atom stereocenters. The number of likely N-dealkylation sites (tertiary alicyclic amines) is 1. The number of fused-ring (bicyclic) bond motifs is 2. The van der Waals surface area contributed by atoms with E-state index in [1.165, 1.54) is 12.8 Å². The Bertz CT molecular complexity index is 1360. The molecule has 1 saturated heterocycles. The lowest BCUT2D eigenvalue weighted by Crippen LogP contribution is -2.45. The first-order valence-corrected chi connectivity index (χ1v) is 13.3. The van der Waals surface area contributed by atoms with Crippen molar-refractivity contribution in [3.8, 4) is 5.75 Å². The quantitative estimate of drug-likeness (QED) is 0.503. The minimum atomic E-state index is -0.0226. The second kappa shape index (κ2) is 9.84. The molecule has 2 aliphatic heterocycles. The molecular formula is C29H35N5O3. The zero-order valence-electron chi connectivity index (χ0n) is 21.4. The number of anilines is 1. The molecule has 3 N–H and O–H groups in total. The summed E-state index contributed by atoms with van der Waals surface area (Å²) in [6, 6.07) is 12.0. The summed E-state index contributed by atoms with van der Waals surface area (Å²) in [5.74, 6) is 1.36. The van der Waals surface area contributed by atoms with E-state index in [4.69, 9.17) is 15.5 Å². The number of hydrogen-bond acceptors (Lipinski definition) is 6. The predicted octanol–water partition coefficient (Wildman–Crippen LogP) is 3.69. The average Bonchev–Trinajstić information content (AvgIpc) is 3.67. The van der Waals surface area contributed by atoms with Gasteiger partial charge in [0.1, 0.15) is 18.0 Å². The van der Waals surface area contributed by atoms with Crippen molar-refractivity contribution in [2.24, 2.45) is 16.6 Å². The standard InChI is InChI=1S/C29H35N5O3/c1-32-9-10-37-27-14-22(29(36)33-8-2-3-23(30)17-33)13-25(28(27)32)31-15-24-12-21-7-6-20(18-35)11-26(21)34(24)16-19-4-5-19/h6-7,11-15,19,23,35H,2-5,8-10,16-18,30H2,1H3. The molecule has 3 aromatic rings. The number of carbonyl (C=O) groups excluding carboxylic acids is 1. The van der Waals surface area contributed by atoms with Crippen LogP contribution in [0.1, 0.15) is 47.3 Å². The van der Waals surface area contributed by atoms with Gasteiger partial charge >= 0.3 is 0 Å². The molecule has 2 fully saturated rings. The summed E-state index contributed by atoms with van der Waals surface area (Å²) >= 11 is 0. The molecule has 2 aromatic carbocycles. The molecule has 0 radical (unpaired) electrons. The minimum Gasteiger partial charge on any atom is -0.489 e. The van der Waals surface area contributed by atoms with Gasteiger partial charge in [-0.25, -0.2) is 0 Å². The van der Waals surface area contributed by atoms with Crippen LogP contribution in [0.15, 0.2) is 41.4 Å². The van der Waals surface area contributed by atoms with Crippen molar-refractivity contribution in [1.29, 1.82) is 0 Å². The summed E-state index contributed by atoms with van der Waals surface area (Å²) in [5.41, 5.74) is 11.4. The van der Waals surface area contributed by atoms with Crippen LogP contribution in [0.5, 0.6) is 5.75 Å². The van der Waals surface area contributed by atoms with Crippen LogP contribution in [0, 0.1) is 5.92 Å². The lowest BCUT2D eigenvalue weighted by Gasteiger charge is -2.32. The Morgan fingerprint density at radius 2 is 2.05 bits per heavy atom. The third-order valence-corrected chi connectivity index (χ3v) is 7.77. The molecule has 1 amide bonds. The van der Waals surface area contributed by atoms with Crippen LogP contribution in [0.4, 0.5) is 11.4 Å². The van der Waals surface area contributed by atoms with Crippen molar-refractivity contribution in [2.45, 2.75) is 44.9 Å². The van der Waals surface area contributed by atoms with Crippen LogP contribution in [-0.4, -0.2) is 66.0 Å². The average molecular weight is 502 g/mol. The predicted molar refractivity (Wildman–Crippen MR) is 146 cm³/mol. The van der Waals surface area contributed by atoms with Gasteiger partial charge in [-0.1, -0.05) is 12.1 Å². The lowest BCUT2D eigenvalue weighted by molar-refractivity contribution is 0.0708. The molecular weight excluding hydrogens is 466 g/mol. The van der Waals surface area contributed by atoms with Crippen LogP contribution >= 0.6 is 0 Å². The van der Waals surface area contributed by atoms with E-state index in [9.17, 15) is 9.90 Å². The number of aliphatic hydroxyl groups excluding tert-OH is 1. The molecule has 1 aromatic heterocycles. The first-order valence-electron chi connectivity index (χ1n) is 13.3. The third kappa shape index (κ3) is 4.83. The molecule has 1 aliphatic carbocycles. The van der Waals surface area contributed by atoms with Gasteiger partial charge in [0.15, 0.2) is 0 Å². The molecule has 3 heterocycles. The van der Waals surface area contributed by atoms with Gasteiger partial charge in [-0.15, -0.1) is 0 Å². The van der Waals surface area contributed by atoms with Crippen molar-refractivity contribution in [2.75, 3.05) is 38.2 Å². The number of carbonyl (C=O) groups is 1. The van der Waals surface area contributed by atoms with Crippen molar-refractivity contribution < 1.29 is 14.6 Å². The molecule has 8 heteroatoms. The van der Waals surface area contributed by atoms with Crippen molar-refractivity contribution in [1.82, 2.24) is 9.47 Å². The van der Waals surface area contributed by atoms with E-state index < -0.39 is 0 Å². The van der Waals surface area contributed by atoms with E-state index in [0.29, 0.717) is 30.4 Å². The molecule has 37 heavy (non-hydrogen) atoms. The number of piperidine rings is 1. The highest BCUT2D eigenvalue weighted by atomic mass is 16.5. The highest BCUT2D eigenvalue weighted by Crippen LogP contribution is 2.41. The van der Waals surface area contributed by atoms with E-state index >= 15 is 0 Å². The zero-order chi connectivity index (χ0) is 25.5. The highest BCUT2D eigenvalue weighted by molar-refractivity contribution is 5.99. The Morgan fingerprint density at radius 3 is 2.84 bits per heavy atom. The fourth-order valence-corrected chi connectivity index (χ4v) is 5.51. The van der Waals surface area contributed by atoms with Crippen LogP contribution in [-0.2, 0) is 13.2 Å². The van der Waals surface area contributed by atoms with Gasteiger partial charge < -0.3 is 29.9 Å². The summed E-state index contributed by atoms with van der Waals surface area (Å²) in [6.45, 7) is 3.59. The largest absolute Gasteiger partial charge is 0.489 e. The van der Waals surface area contributed by atoms with E-state index in [-0.39, 0.29) is 18.6 Å². The van der Waals surface area contributed by atoms with Gasteiger partial charge in [0.2, 0.25) is 0 Å². The molecule has 0 spiro atoms. The number of nitrogens with zero attached hydrogens (tertiary/aromatic N) is 4. The van der Waals surface area contributed by atoms with Gasteiger partial charge in [0, 0.05) is 49.2 Å². The lowest BCUT2D eigenvalue weighted by atomic mass is 10.0. The third-order valence-electron chi connectivity index (χ3n) is 7.77. The summed E-state index contributed by atoms with van der Waals surface area (Å²) < 4.78 is 8.32. The van der Waals surface area contributed by atoms with Crippen LogP contribution in [0.2, 0.25) is 0 Å². The minimum absolute atomic E-state index is 0.0226. The van der Waals surface area contributed by atoms with Crippen molar-refractivity contribution in [3.63, 3.8) is 0 Å². The van der Waals surface area contributed by atoms with Gasteiger partial charge in [-0.2, -0.15) is 0 Å². The summed E-state index contributed by atoms with van der Waals surface area (Å²) in [6.07, 6.45) is 6.27. The fourth-order valence-electron chi connectivity index (χ4n) is 5.51. The van der Waals surface area contributed by atoms with E-state index in [0.717, 1.165) is 66.0 Å². The zero-order valence-corrected chi connectivity index (χ0v) is 21.4. The monoisotopic (exact) mass is 501 g/mol. The number of rotatable bonds is 6. The normalized spacial score (nSPS) is 19.9. The van der Waals surface area contributed by atoms with Gasteiger partial charge in [-0.3, -0.25) is 9.79 Å². The van der Waals surface area contributed by atoms with E-state index in [2.05, 4.69) is 27.7 Å². The second-order valence-corrected chi connectivity index (χ2v) is 10.7. The van der Waals surface area contributed by atoms with Crippen molar-refractivity contribution in [3.05, 3.63) is 53.2 Å². The van der Waals surface area contributed by atoms with Gasteiger partial charge in [0.05, 0.1) is 30.7 Å². The Hall–Kier alpha value is -3.36. The maximum absolute atomic E-state index is 13.4. The summed E-state index contributed by atoms with van der Waals surface area (Å²) in [4.78, 5) is 22.4. The number of amides is 1. The molecule has 8 nitrogen and oxygen atoms in total. The number of nitrogens with two attached hydrogens (primary N) is 1. The number of likely N-dealkylation sites (N-methyl/N-ethyl adjacent to an activating group) is 1. The second-order valence-electron chi connectivity index (χ2n) is 10.7. The smallest absolute Gasteiger partial charge is 0.254 e. The number of aromatic nitrogens is 1. The molecule has 0 bridgehead atoms. The van der Waals surface area contributed by atoms with Crippen molar-refractivity contribution >= 4 is 34.4 Å². The number of aliphatic hydroxyl groups is 1. The maximum Gasteiger partial charge on any atom is 0.254 e.